The van der Waals surface area contributed by atoms with E-state index < -0.39 is 0 Å². The molecule has 148 valence electrons. The second-order valence-corrected chi connectivity index (χ2v) is 7.60. The summed E-state index contributed by atoms with van der Waals surface area (Å²) in [5.41, 5.74) is 2.80. The molecule has 0 saturated carbocycles. The second-order valence-electron chi connectivity index (χ2n) is 7.60. The van der Waals surface area contributed by atoms with Gasteiger partial charge in [0.05, 0.1) is 25.8 Å². The number of carbonyl (C=O) groups excluding carboxylic acids is 1. The quantitative estimate of drug-likeness (QED) is 0.779. The van der Waals surface area contributed by atoms with Crippen LogP contribution in [-0.4, -0.2) is 37.7 Å². The number of hydrogen-bond acceptors (Lipinski definition) is 4. The normalized spacial score (nSPS) is 23.3. The molecule has 2 aromatic rings. The second kappa shape index (κ2) is 7.38. The SMILES string of the molecule is COc1ccc([C@@H]2CCCN2C(=O)c2cccc3c2O[C@H](C)[C@H]3C)c(OC)c1. The fraction of sp³-hybridized carbons (Fsp3) is 0.435. The number of ether oxygens (including phenoxy) is 3. The van der Waals surface area contributed by atoms with E-state index in [-0.39, 0.29) is 18.1 Å². The third-order valence-electron chi connectivity index (χ3n) is 6.09. The van der Waals surface area contributed by atoms with Crippen molar-refractivity contribution in [1.29, 1.82) is 0 Å². The van der Waals surface area contributed by atoms with E-state index >= 15 is 0 Å². The Kier molecular flexibility index (Phi) is 4.92. The monoisotopic (exact) mass is 381 g/mol. The van der Waals surface area contributed by atoms with Crippen LogP contribution >= 0.6 is 0 Å². The molecule has 2 heterocycles. The number of para-hydroxylation sites is 1. The summed E-state index contributed by atoms with van der Waals surface area (Å²) in [5.74, 6) is 2.56. The minimum Gasteiger partial charge on any atom is -0.497 e. The first-order chi connectivity index (χ1) is 13.5. The topological polar surface area (TPSA) is 48.0 Å². The van der Waals surface area contributed by atoms with Crippen LogP contribution in [0.25, 0.3) is 0 Å². The Morgan fingerprint density at radius 1 is 1.11 bits per heavy atom. The molecule has 0 aliphatic carbocycles. The average molecular weight is 381 g/mol. The molecule has 0 spiro atoms. The minimum absolute atomic E-state index is 0.0135. The summed E-state index contributed by atoms with van der Waals surface area (Å²) in [5, 5.41) is 0. The van der Waals surface area contributed by atoms with Gasteiger partial charge in [0.1, 0.15) is 23.4 Å². The molecule has 1 saturated heterocycles. The van der Waals surface area contributed by atoms with E-state index in [4.69, 9.17) is 14.2 Å². The molecule has 0 unspecified atom stereocenters. The van der Waals surface area contributed by atoms with Crippen molar-refractivity contribution in [1.82, 2.24) is 4.90 Å². The molecule has 0 bridgehead atoms. The maximum absolute atomic E-state index is 13.5. The summed E-state index contributed by atoms with van der Waals surface area (Å²) in [4.78, 5) is 15.5. The van der Waals surface area contributed by atoms with Gasteiger partial charge in [0.15, 0.2) is 0 Å². The van der Waals surface area contributed by atoms with Crippen LogP contribution in [0.4, 0.5) is 0 Å². The maximum Gasteiger partial charge on any atom is 0.258 e. The number of amides is 1. The summed E-state index contributed by atoms with van der Waals surface area (Å²) in [7, 11) is 3.29. The number of rotatable bonds is 4. The lowest BCUT2D eigenvalue weighted by atomic mass is 9.96. The van der Waals surface area contributed by atoms with Crippen LogP contribution in [-0.2, 0) is 0 Å². The summed E-state index contributed by atoms with van der Waals surface area (Å²) in [6, 6.07) is 11.7. The highest BCUT2D eigenvalue weighted by Crippen LogP contribution is 2.43. The first-order valence-corrected chi connectivity index (χ1v) is 9.87. The first kappa shape index (κ1) is 18.7. The molecule has 2 aliphatic rings. The van der Waals surface area contributed by atoms with Crippen molar-refractivity contribution in [2.75, 3.05) is 20.8 Å². The number of hydrogen-bond donors (Lipinski definition) is 0. The molecule has 1 fully saturated rings. The molecule has 4 rings (SSSR count). The van der Waals surface area contributed by atoms with Crippen LogP contribution in [0.5, 0.6) is 17.2 Å². The zero-order chi connectivity index (χ0) is 19.8. The summed E-state index contributed by atoms with van der Waals surface area (Å²) < 4.78 is 17.0. The van der Waals surface area contributed by atoms with Crippen LogP contribution in [0, 0.1) is 0 Å². The fourth-order valence-electron chi connectivity index (χ4n) is 4.34. The van der Waals surface area contributed by atoms with Crippen LogP contribution < -0.4 is 14.2 Å². The predicted molar refractivity (Wildman–Crippen MR) is 108 cm³/mol. The van der Waals surface area contributed by atoms with E-state index in [2.05, 4.69) is 19.9 Å². The largest absolute Gasteiger partial charge is 0.497 e. The van der Waals surface area contributed by atoms with E-state index in [1.165, 1.54) is 0 Å². The van der Waals surface area contributed by atoms with Gasteiger partial charge in [-0.25, -0.2) is 0 Å². The molecular weight excluding hydrogens is 354 g/mol. The Bertz CT molecular complexity index is 894. The lowest BCUT2D eigenvalue weighted by Gasteiger charge is -2.27. The average Bonchev–Trinajstić information content (AvgIpc) is 3.32. The standard InChI is InChI=1S/C23H27NO4/c1-14-15(2)28-22-17(14)7-5-8-19(22)23(25)24-12-6-9-20(24)18-11-10-16(26-3)13-21(18)27-4/h5,7-8,10-11,13-15,20H,6,9,12H2,1-4H3/t14-,15-,20+/m1/s1. The van der Waals surface area contributed by atoms with Gasteiger partial charge in [0.2, 0.25) is 0 Å². The summed E-state index contributed by atoms with van der Waals surface area (Å²) in [6.07, 6.45) is 1.96. The van der Waals surface area contributed by atoms with E-state index in [0.29, 0.717) is 11.5 Å². The molecule has 0 N–H and O–H groups in total. The van der Waals surface area contributed by atoms with Crippen molar-refractivity contribution in [2.45, 2.75) is 44.8 Å². The Balaban J connectivity index is 1.68. The van der Waals surface area contributed by atoms with Gasteiger partial charge in [0, 0.05) is 29.7 Å². The molecule has 2 aromatic carbocycles. The van der Waals surface area contributed by atoms with E-state index in [0.717, 1.165) is 47.8 Å². The molecule has 5 nitrogen and oxygen atoms in total. The van der Waals surface area contributed by atoms with Crippen molar-refractivity contribution in [2.24, 2.45) is 0 Å². The fourth-order valence-corrected chi connectivity index (χ4v) is 4.34. The van der Waals surface area contributed by atoms with Crippen LogP contribution in [0.3, 0.4) is 0 Å². The lowest BCUT2D eigenvalue weighted by molar-refractivity contribution is 0.0729. The molecule has 0 aromatic heterocycles. The van der Waals surface area contributed by atoms with Crippen LogP contribution in [0.2, 0.25) is 0 Å². The van der Waals surface area contributed by atoms with Gasteiger partial charge in [-0.2, -0.15) is 0 Å². The van der Waals surface area contributed by atoms with Crippen LogP contribution in [0.1, 0.15) is 60.1 Å². The van der Waals surface area contributed by atoms with Gasteiger partial charge < -0.3 is 19.1 Å². The van der Waals surface area contributed by atoms with Gasteiger partial charge in [-0.15, -0.1) is 0 Å². The molecule has 1 amide bonds. The third-order valence-corrected chi connectivity index (χ3v) is 6.09. The van der Waals surface area contributed by atoms with Crippen molar-refractivity contribution in [3.63, 3.8) is 0 Å². The van der Waals surface area contributed by atoms with Crippen LogP contribution in [0.15, 0.2) is 36.4 Å². The number of carbonyl (C=O) groups is 1. The molecule has 0 radical (unpaired) electrons. The zero-order valence-electron chi connectivity index (χ0n) is 16.9. The third kappa shape index (κ3) is 2.99. The summed E-state index contributed by atoms with van der Waals surface area (Å²) in [6.45, 7) is 4.93. The highest BCUT2D eigenvalue weighted by molar-refractivity contribution is 5.98. The molecule has 5 heteroatoms. The number of nitrogens with zero attached hydrogens (tertiary/aromatic N) is 1. The Morgan fingerprint density at radius 3 is 2.68 bits per heavy atom. The van der Waals surface area contributed by atoms with Crippen molar-refractivity contribution in [3.05, 3.63) is 53.1 Å². The Morgan fingerprint density at radius 2 is 1.93 bits per heavy atom. The van der Waals surface area contributed by atoms with Gasteiger partial charge in [0.25, 0.3) is 5.91 Å². The molecule has 28 heavy (non-hydrogen) atoms. The number of benzene rings is 2. The van der Waals surface area contributed by atoms with Gasteiger partial charge in [-0.1, -0.05) is 19.1 Å². The zero-order valence-corrected chi connectivity index (χ0v) is 16.9. The predicted octanol–water partition coefficient (Wildman–Crippen LogP) is 4.57. The lowest BCUT2D eigenvalue weighted by Crippen LogP contribution is -2.31. The number of fused-ring (bicyclic) bond motifs is 1. The van der Waals surface area contributed by atoms with E-state index in [1.54, 1.807) is 14.2 Å². The summed E-state index contributed by atoms with van der Waals surface area (Å²) >= 11 is 0. The van der Waals surface area contributed by atoms with Crippen molar-refractivity contribution in [3.8, 4) is 17.2 Å². The van der Waals surface area contributed by atoms with Gasteiger partial charge in [-0.3, -0.25) is 4.79 Å². The Hall–Kier alpha value is -2.69. The minimum atomic E-state index is -0.0135. The van der Waals surface area contributed by atoms with Gasteiger partial charge >= 0.3 is 0 Å². The highest BCUT2D eigenvalue weighted by Gasteiger charge is 2.37. The molecular formula is C23H27NO4. The Labute approximate surface area is 166 Å². The van der Waals surface area contributed by atoms with Gasteiger partial charge in [-0.05, 0) is 38.0 Å². The number of likely N-dealkylation sites (tertiary alicyclic amines) is 1. The van der Waals surface area contributed by atoms with Crippen molar-refractivity contribution < 1.29 is 19.0 Å². The van der Waals surface area contributed by atoms with Crippen molar-refractivity contribution >= 4 is 5.91 Å². The van der Waals surface area contributed by atoms with E-state index in [9.17, 15) is 4.79 Å². The molecule has 3 atom stereocenters. The maximum atomic E-state index is 13.5. The smallest absolute Gasteiger partial charge is 0.258 e. The van der Waals surface area contributed by atoms with E-state index in [1.807, 2.05) is 35.2 Å². The first-order valence-electron chi connectivity index (χ1n) is 9.87. The molecule has 2 aliphatic heterocycles. The highest BCUT2D eigenvalue weighted by atomic mass is 16.5. The number of methoxy groups -OCH3 is 2.